The van der Waals surface area contributed by atoms with Crippen molar-refractivity contribution in [2.24, 2.45) is 0 Å². The van der Waals surface area contributed by atoms with Crippen LogP contribution in [0.15, 0.2) is 40.9 Å². The number of hydrogen-bond acceptors (Lipinski definition) is 3. The number of hydrogen-bond donors (Lipinski definition) is 1. The maximum absolute atomic E-state index is 12.5. The summed E-state index contributed by atoms with van der Waals surface area (Å²) < 4.78 is 12.0. The normalized spacial score (nSPS) is 10.3. The second-order valence-corrected chi connectivity index (χ2v) is 6.40. The van der Waals surface area contributed by atoms with Crippen LogP contribution < -0.4 is 14.8 Å². The molecule has 5 heteroatoms. The van der Waals surface area contributed by atoms with E-state index in [-0.39, 0.29) is 5.91 Å². The highest BCUT2D eigenvalue weighted by molar-refractivity contribution is 9.10. The summed E-state index contributed by atoms with van der Waals surface area (Å²) in [6.45, 7) is 4.69. The van der Waals surface area contributed by atoms with E-state index in [1.165, 1.54) is 0 Å². The van der Waals surface area contributed by atoms with Crippen LogP contribution in [0.4, 0.5) is 5.69 Å². The number of carbonyl (C=O) groups excluding carboxylic acids is 1. The highest BCUT2D eigenvalue weighted by Crippen LogP contribution is 2.29. The molecule has 0 aromatic heterocycles. The fraction of sp³-hybridized carbons (Fsp3) is 0.316. The molecule has 2 aromatic carbocycles. The van der Waals surface area contributed by atoms with Crippen LogP contribution in [-0.4, -0.2) is 19.6 Å². The summed E-state index contributed by atoms with van der Waals surface area (Å²) >= 11 is 3.42. The van der Waals surface area contributed by atoms with Crippen molar-refractivity contribution in [1.29, 1.82) is 0 Å². The minimum Gasteiger partial charge on any atom is -0.493 e. The molecule has 2 rings (SSSR count). The van der Waals surface area contributed by atoms with Gasteiger partial charge >= 0.3 is 0 Å². The van der Waals surface area contributed by atoms with Crippen molar-refractivity contribution in [2.45, 2.75) is 26.7 Å². The minimum absolute atomic E-state index is 0.182. The quantitative estimate of drug-likeness (QED) is 0.659. The maximum atomic E-state index is 12.5. The Morgan fingerprint density at radius 3 is 2.62 bits per heavy atom. The Bertz CT molecular complexity index is 716. The van der Waals surface area contributed by atoms with Crippen molar-refractivity contribution in [2.75, 3.05) is 19.0 Å². The van der Waals surface area contributed by atoms with Gasteiger partial charge in [0.05, 0.1) is 13.7 Å². The average Bonchev–Trinajstić information content (AvgIpc) is 2.57. The third-order valence-corrected chi connectivity index (χ3v) is 4.11. The van der Waals surface area contributed by atoms with E-state index in [9.17, 15) is 4.79 Å². The first-order valence-corrected chi connectivity index (χ1v) is 8.72. The van der Waals surface area contributed by atoms with Gasteiger partial charge in [-0.25, -0.2) is 0 Å². The van der Waals surface area contributed by atoms with Gasteiger partial charge in [0, 0.05) is 15.7 Å². The van der Waals surface area contributed by atoms with E-state index >= 15 is 0 Å². The lowest BCUT2D eigenvalue weighted by atomic mass is 10.1. The first kappa shape index (κ1) is 18.3. The average molecular weight is 392 g/mol. The molecule has 0 unspecified atom stereocenters. The maximum Gasteiger partial charge on any atom is 0.255 e. The molecule has 0 spiro atoms. The topological polar surface area (TPSA) is 47.6 Å². The predicted octanol–water partition coefficient (Wildman–Crippen LogP) is 5.20. The molecule has 0 radical (unpaired) electrons. The third-order valence-electron chi connectivity index (χ3n) is 3.62. The van der Waals surface area contributed by atoms with E-state index in [4.69, 9.17) is 9.47 Å². The van der Waals surface area contributed by atoms with E-state index in [0.29, 0.717) is 23.7 Å². The number of benzene rings is 2. The number of rotatable bonds is 7. The zero-order valence-corrected chi connectivity index (χ0v) is 15.8. The first-order chi connectivity index (χ1) is 11.5. The van der Waals surface area contributed by atoms with Crippen molar-refractivity contribution >= 4 is 27.5 Å². The zero-order valence-electron chi connectivity index (χ0n) is 14.2. The van der Waals surface area contributed by atoms with Crippen LogP contribution in [0, 0.1) is 6.92 Å². The van der Waals surface area contributed by atoms with E-state index in [0.717, 1.165) is 28.6 Å². The molecule has 0 saturated heterocycles. The van der Waals surface area contributed by atoms with E-state index in [2.05, 4.69) is 28.2 Å². The third kappa shape index (κ3) is 4.74. The monoisotopic (exact) mass is 391 g/mol. The van der Waals surface area contributed by atoms with Gasteiger partial charge in [-0.1, -0.05) is 29.3 Å². The zero-order chi connectivity index (χ0) is 17.5. The summed E-state index contributed by atoms with van der Waals surface area (Å²) in [5, 5.41) is 2.92. The molecule has 0 aliphatic rings. The van der Waals surface area contributed by atoms with Crippen molar-refractivity contribution in [3.63, 3.8) is 0 Å². The molecule has 24 heavy (non-hydrogen) atoms. The number of carbonyl (C=O) groups is 1. The molecule has 0 atom stereocenters. The molecule has 4 nitrogen and oxygen atoms in total. The predicted molar refractivity (Wildman–Crippen MR) is 100 cm³/mol. The highest BCUT2D eigenvalue weighted by atomic mass is 79.9. The largest absolute Gasteiger partial charge is 0.493 e. The molecule has 0 saturated carbocycles. The molecule has 0 aliphatic heterocycles. The number of unbranched alkanes of at least 4 members (excludes halogenated alkanes) is 1. The molecule has 128 valence electrons. The van der Waals surface area contributed by atoms with Crippen LogP contribution >= 0.6 is 15.9 Å². The summed E-state index contributed by atoms with van der Waals surface area (Å²) in [6, 6.07) is 10.9. The van der Waals surface area contributed by atoms with E-state index < -0.39 is 0 Å². The SMILES string of the molecule is CCCCOc1ccc(C(=O)Nc2ccc(Br)cc2C)cc1OC. The molecule has 0 aliphatic carbocycles. The number of amides is 1. The lowest BCUT2D eigenvalue weighted by Gasteiger charge is -2.13. The molecular formula is C19H22BrNO3. The first-order valence-electron chi connectivity index (χ1n) is 7.93. The molecule has 0 bridgehead atoms. The summed E-state index contributed by atoms with van der Waals surface area (Å²) in [5.41, 5.74) is 2.30. The van der Waals surface area contributed by atoms with Gasteiger partial charge in [0.2, 0.25) is 0 Å². The van der Waals surface area contributed by atoms with E-state index in [1.54, 1.807) is 25.3 Å². The Morgan fingerprint density at radius 2 is 1.96 bits per heavy atom. The molecule has 0 fully saturated rings. The van der Waals surface area contributed by atoms with Gasteiger partial charge in [0.15, 0.2) is 11.5 Å². The van der Waals surface area contributed by atoms with Crippen LogP contribution in [0.3, 0.4) is 0 Å². The van der Waals surface area contributed by atoms with Gasteiger partial charge in [0.25, 0.3) is 5.91 Å². The van der Waals surface area contributed by atoms with Crippen molar-refractivity contribution in [3.05, 3.63) is 52.0 Å². The lowest BCUT2D eigenvalue weighted by Crippen LogP contribution is -2.13. The molecular weight excluding hydrogens is 370 g/mol. The van der Waals surface area contributed by atoms with Crippen LogP contribution in [0.25, 0.3) is 0 Å². The van der Waals surface area contributed by atoms with Gasteiger partial charge in [-0.05, 0) is 55.3 Å². The number of ether oxygens (including phenoxy) is 2. The van der Waals surface area contributed by atoms with Crippen molar-refractivity contribution in [3.8, 4) is 11.5 Å². The fourth-order valence-corrected chi connectivity index (χ4v) is 2.69. The summed E-state index contributed by atoms with van der Waals surface area (Å²) in [7, 11) is 1.57. The highest BCUT2D eigenvalue weighted by Gasteiger charge is 2.12. The Hall–Kier alpha value is -2.01. The van der Waals surface area contributed by atoms with Crippen LogP contribution in [0.5, 0.6) is 11.5 Å². The second-order valence-electron chi connectivity index (χ2n) is 5.48. The number of halogens is 1. The standard InChI is InChI=1S/C19H22BrNO3/c1-4-5-10-24-17-9-6-14(12-18(17)23-3)19(22)21-16-8-7-15(20)11-13(16)2/h6-9,11-12H,4-5,10H2,1-3H3,(H,21,22). The molecule has 2 aromatic rings. The fourth-order valence-electron chi connectivity index (χ4n) is 2.22. The number of aryl methyl sites for hydroxylation is 1. The van der Waals surface area contributed by atoms with Gasteiger partial charge < -0.3 is 14.8 Å². The number of methoxy groups -OCH3 is 1. The van der Waals surface area contributed by atoms with Gasteiger partial charge in [-0.2, -0.15) is 0 Å². The summed E-state index contributed by atoms with van der Waals surface area (Å²) in [6.07, 6.45) is 2.05. The van der Waals surface area contributed by atoms with Crippen LogP contribution in [0.2, 0.25) is 0 Å². The van der Waals surface area contributed by atoms with Crippen molar-refractivity contribution in [1.82, 2.24) is 0 Å². The lowest BCUT2D eigenvalue weighted by molar-refractivity contribution is 0.102. The van der Waals surface area contributed by atoms with Crippen molar-refractivity contribution < 1.29 is 14.3 Å². The molecule has 1 amide bonds. The molecule has 0 heterocycles. The summed E-state index contributed by atoms with van der Waals surface area (Å²) in [5.74, 6) is 1.03. The Kier molecular flexibility index (Phi) is 6.67. The Morgan fingerprint density at radius 1 is 1.17 bits per heavy atom. The Labute approximate surface area is 151 Å². The summed E-state index contributed by atoms with van der Waals surface area (Å²) in [4.78, 5) is 12.5. The van der Waals surface area contributed by atoms with Crippen LogP contribution in [-0.2, 0) is 0 Å². The Balaban J connectivity index is 2.14. The van der Waals surface area contributed by atoms with Gasteiger partial charge in [-0.15, -0.1) is 0 Å². The van der Waals surface area contributed by atoms with Gasteiger partial charge in [0.1, 0.15) is 0 Å². The molecule has 1 N–H and O–H groups in total. The van der Waals surface area contributed by atoms with Gasteiger partial charge in [-0.3, -0.25) is 4.79 Å². The number of nitrogens with one attached hydrogen (secondary N) is 1. The van der Waals surface area contributed by atoms with E-state index in [1.807, 2.05) is 25.1 Å². The van der Waals surface area contributed by atoms with Crippen LogP contribution in [0.1, 0.15) is 35.7 Å². The second kappa shape index (κ2) is 8.73. The minimum atomic E-state index is -0.182. The number of anilines is 1. The smallest absolute Gasteiger partial charge is 0.255 e.